The lowest BCUT2D eigenvalue weighted by Gasteiger charge is -2.28. The SMILES string of the molecule is CC(C)C1(C(=O)O)CCN(C(=O)Cc2ccc3c(c2)CCC3)C1. The van der Waals surface area contributed by atoms with E-state index in [1.165, 1.54) is 17.5 Å². The number of aryl methyl sites for hydroxylation is 2. The molecule has 1 amide bonds. The van der Waals surface area contributed by atoms with Crippen LogP contribution in [0.25, 0.3) is 0 Å². The Morgan fingerprint density at radius 3 is 2.65 bits per heavy atom. The van der Waals surface area contributed by atoms with Gasteiger partial charge in [-0.1, -0.05) is 32.0 Å². The molecule has 0 radical (unpaired) electrons. The predicted octanol–water partition coefficient (Wildman–Crippen LogP) is 2.68. The van der Waals surface area contributed by atoms with Crippen molar-refractivity contribution in [3.8, 4) is 0 Å². The number of likely N-dealkylation sites (tertiary alicyclic amines) is 1. The topological polar surface area (TPSA) is 57.6 Å². The summed E-state index contributed by atoms with van der Waals surface area (Å²) in [5.74, 6) is -0.704. The Kier molecular flexibility index (Phi) is 4.17. The van der Waals surface area contributed by atoms with E-state index in [0.29, 0.717) is 25.9 Å². The molecule has 2 aliphatic rings. The maximum atomic E-state index is 12.6. The van der Waals surface area contributed by atoms with Gasteiger partial charge in [0, 0.05) is 13.1 Å². The van der Waals surface area contributed by atoms with E-state index >= 15 is 0 Å². The van der Waals surface area contributed by atoms with Gasteiger partial charge in [0.2, 0.25) is 5.91 Å². The summed E-state index contributed by atoms with van der Waals surface area (Å²) in [6.45, 7) is 4.75. The van der Waals surface area contributed by atoms with Crippen molar-refractivity contribution in [2.45, 2.75) is 46.0 Å². The van der Waals surface area contributed by atoms with E-state index in [1.54, 1.807) is 4.90 Å². The summed E-state index contributed by atoms with van der Waals surface area (Å²) in [6, 6.07) is 6.35. The molecule has 124 valence electrons. The molecule has 1 aliphatic heterocycles. The fourth-order valence-electron chi connectivity index (χ4n) is 3.96. The van der Waals surface area contributed by atoms with Crippen LogP contribution in [0.1, 0.15) is 43.4 Å². The minimum atomic E-state index is -0.784. The third kappa shape index (κ3) is 2.87. The van der Waals surface area contributed by atoms with E-state index in [1.807, 2.05) is 19.9 Å². The molecule has 1 fully saturated rings. The van der Waals surface area contributed by atoms with Crippen molar-refractivity contribution in [3.05, 3.63) is 34.9 Å². The first-order valence-electron chi connectivity index (χ1n) is 8.54. The zero-order valence-corrected chi connectivity index (χ0v) is 14.0. The molecule has 1 N–H and O–H groups in total. The lowest BCUT2D eigenvalue weighted by molar-refractivity contribution is -0.151. The maximum Gasteiger partial charge on any atom is 0.311 e. The molecule has 23 heavy (non-hydrogen) atoms. The van der Waals surface area contributed by atoms with Gasteiger partial charge in [-0.05, 0) is 48.3 Å². The highest BCUT2D eigenvalue weighted by molar-refractivity contribution is 5.82. The second-order valence-electron chi connectivity index (χ2n) is 7.31. The number of carbonyl (C=O) groups excluding carboxylic acids is 1. The van der Waals surface area contributed by atoms with Gasteiger partial charge >= 0.3 is 5.97 Å². The number of fused-ring (bicyclic) bond motifs is 1. The minimum absolute atomic E-state index is 0.0257. The van der Waals surface area contributed by atoms with Crippen LogP contribution in [0.4, 0.5) is 0 Å². The second-order valence-corrected chi connectivity index (χ2v) is 7.31. The van der Waals surface area contributed by atoms with Crippen molar-refractivity contribution in [2.24, 2.45) is 11.3 Å². The van der Waals surface area contributed by atoms with Crippen LogP contribution in [0.15, 0.2) is 18.2 Å². The monoisotopic (exact) mass is 315 g/mol. The summed E-state index contributed by atoms with van der Waals surface area (Å²) >= 11 is 0. The van der Waals surface area contributed by atoms with Crippen LogP contribution in [-0.2, 0) is 28.9 Å². The van der Waals surface area contributed by atoms with Crippen molar-refractivity contribution in [2.75, 3.05) is 13.1 Å². The average Bonchev–Trinajstić information content (AvgIpc) is 3.14. The molecule has 1 atom stereocenters. The third-order valence-electron chi connectivity index (χ3n) is 5.70. The summed E-state index contributed by atoms with van der Waals surface area (Å²) in [4.78, 5) is 26.0. The zero-order chi connectivity index (χ0) is 16.6. The molecule has 4 nitrogen and oxygen atoms in total. The lowest BCUT2D eigenvalue weighted by atomic mass is 9.76. The Balaban J connectivity index is 1.69. The van der Waals surface area contributed by atoms with E-state index in [4.69, 9.17) is 0 Å². The molecule has 0 bridgehead atoms. The Bertz CT molecular complexity index is 638. The van der Waals surface area contributed by atoms with Crippen LogP contribution in [0.3, 0.4) is 0 Å². The first-order chi connectivity index (χ1) is 10.9. The van der Waals surface area contributed by atoms with Gasteiger partial charge < -0.3 is 10.0 Å². The fraction of sp³-hybridized carbons (Fsp3) is 0.579. The Morgan fingerprint density at radius 1 is 1.26 bits per heavy atom. The average molecular weight is 315 g/mol. The molecule has 1 aromatic rings. The number of rotatable bonds is 4. The molecule has 1 aliphatic carbocycles. The van der Waals surface area contributed by atoms with Crippen molar-refractivity contribution >= 4 is 11.9 Å². The van der Waals surface area contributed by atoms with Gasteiger partial charge in [0.25, 0.3) is 0 Å². The van der Waals surface area contributed by atoms with Gasteiger partial charge in [-0.3, -0.25) is 9.59 Å². The highest BCUT2D eigenvalue weighted by atomic mass is 16.4. The number of hydrogen-bond acceptors (Lipinski definition) is 2. The number of carbonyl (C=O) groups is 2. The molecular weight excluding hydrogens is 290 g/mol. The normalized spacial score (nSPS) is 23.3. The molecule has 0 saturated carbocycles. The largest absolute Gasteiger partial charge is 0.481 e. The van der Waals surface area contributed by atoms with Crippen molar-refractivity contribution in [1.29, 1.82) is 0 Å². The van der Waals surface area contributed by atoms with Crippen LogP contribution in [-0.4, -0.2) is 35.0 Å². The van der Waals surface area contributed by atoms with Crippen molar-refractivity contribution in [3.63, 3.8) is 0 Å². The Morgan fingerprint density at radius 2 is 2.00 bits per heavy atom. The Hall–Kier alpha value is -1.84. The molecule has 3 rings (SSSR count). The van der Waals surface area contributed by atoms with Crippen molar-refractivity contribution < 1.29 is 14.7 Å². The van der Waals surface area contributed by atoms with E-state index < -0.39 is 11.4 Å². The third-order valence-corrected chi connectivity index (χ3v) is 5.70. The molecule has 0 aromatic heterocycles. The molecule has 4 heteroatoms. The summed E-state index contributed by atoms with van der Waals surface area (Å²) in [6.07, 6.45) is 4.38. The number of aliphatic carboxylic acids is 1. The van der Waals surface area contributed by atoms with Crippen LogP contribution < -0.4 is 0 Å². The van der Waals surface area contributed by atoms with Gasteiger partial charge in [-0.2, -0.15) is 0 Å². The van der Waals surface area contributed by atoms with Crippen molar-refractivity contribution in [1.82, 2.24) is 4.90 Å². The van der Waals surface area contributed by atoms with Crippen LogP contribution in [0.2, 0.25) is 0 Å². The number of hydrogen-bond donors (Lipinski definition) is 1. The van der Waals surface area contributed by atoms with E-state index in [9.17, 15) is 14.7 Å². The zero-order valence-electron chi connectivity index (χ0n) is 14.0. The summed E-state index contributed by atoms with van der Waals surface area (Å²) in [7, 11) is 0. The standard InChI is InChI=1S/C19H25NO3/c1-13(2)19(18(22)23)8-9-20(12-19)17(21)11-14-6-7-15-4-3-5-16(15)10-14/h6-7,10,13H,3-5,8-9,11-12H2,1-2H3,(H,22,23). The number of carboxylic acid groups (broad SMARTS) is 1. The molecule has 1 aromatic carbocycles. The van der Waals surface area contributed by atoms with Crippen LogP contribution in [0.5, 0.6) is 0 Å². The quantitative estimate of drug-likeness (QED) is 0.929. The molecule has 1 unspecified atom stereocenters. The first kappa shape index (κ1) is 16.0. The smallest absolute Gasteiger partial charge is 0.311 e. The van der Waals surface area contributed by atoms with E-state index in [-0.39, 0.29) is 11.8 Å². The fourth-order valence-corrected chi connectivity index (χ4v) is 3.96. The van der Waals surface area contributed by atoms with Crippen LogP contribution >= 0.6 is 0 Å². The highest BCUT2D eigenvalue weighted by Crippen LogP contribution is 2.38. The van der Waals surface area contributed by atoms with Gasteiger partial charge in [0.1, 0.15) is 0 Å². The van der Waals surface area contributed by atoms with Gasteiger partial charge in [-0.25, -0.2) is 0 Å². The summed E-state index contributed by atoms with van der Waals surface area (Å²) < 4.78 is 0. The number of benzene rings is 1. The highest BCUT2D eigenvalue weighted by Gasteiger charge is 2.48. The summed E-state index contributed by atoms with van der Waals surface area (Å²) in [5, 5.41) is 9.59. The van der Waals surface area contributed by atoms with Gasteiger partial charge in [-0.15, -0.1) is 0 Å². The number of nitrogens with zero attached hydrogens (tertiary/aromatic N) is 1. The van der Waals surface area contributed by atoms with Gasteiger partial charge in [0.15, 0.2) is 0 Å². The molecule has 0 spiro atoms. The number of amides is 1. The van der Waals surface area contributed by atoms with Gasteiger partial charge in [0.05, 0.1) is 11.8 Å². The molecule has 1 saturated heterocycles. The Labute approximate surface area is 137 Å². The van der Waals surface area contributed by atoms with E-state index in [0.717, 1.165) is 18.4 Å². The first-order valence-corrected chi connectivity index (χ1v) is 8.54. The predicted molar refractivity (Wildman–Crippen MR) is 88.3 cm³/mol. The molecule has 1 heterocycles. The van der Waals surface area contributed by atoms with Crippen LogP contribution in [0, 0.1) is 11.3 Å². The summed E-state index contributed by atoms with van der Waals surface area (Å²) in [5.41, 5.74) is 3.05. The minimum Gasteiger partial charge on any atom is -0.481 e. The maximum absolute atomic E-state index is 12.6. The lowest BCUT2D eigenvalue weighted by Crippen LogP contribution is -2.41. The molecular formula is C19H25NO3. The second kappa shape index (κ2) is 5.99. The number of carboxylic acids is 1. The van der Waals surface area contributed by atoms with E-state index in [2.05, 4.69) is 12.1 Å².